The molecule has 6 saturated carbocycles. The summed E-state index contributed by atoms with van der Waals surface area (Å²) < 4.78 is 199. The number of benzene rings is 4. The van der Waals surface area contributed by atoms with Crippen LogP contribution in [0.25, 0.3) is 0 Å². The van der Waals surface area contributed by atoms with Crippen molar-refractivity contribution in [2.75, 3.05) is 0 Å². The van der Waals surface area contributed by atoms with Gasteiger partial charge in [0, 0.05) is 35.5 Å². The van der Waals surface area contributed by atoms with Gasteiger partial charge >= 0.3 is 78.4 Å². The van der Waals surface area contributed by atoms with E-state index in [0.29, 0.717) is 49.2 Å². The summed E-state index contributed by atoms with van der Waals surface area (Å²) in [6.45, 7) is 68.8. The van der Waals surface area contributed by atoms with E-state index in [2.05, 4.69) is 240 Å². The van der Waals surface area contributed by atoms with Crippen LogP contribution < -0.4 is 4.74 Å². The Labute approximate surface area is 844 Å². The first kappa shape index (κ1) is 122. The second-order valence-corrected chi connectivity index (χ2v) is 48.5. The molecule has 806 valence electrons. The molecule has 0 N–H and O–H groups in total. The summed E-state index contributed by atoms with van der Waals surface area (Å²) in [4.78, 5) is 111. The molecule has 3 heterocycles. The Morgan fingerprint density at radius 2 is 0.639 bits per heavy atom. The fraction of sp³-hybridized carbons (Fsp3) is 0.699. The lowest BCUT2D eigenvalue weighted by atomic mass is 9.73. The molecule has 0 radical (unpaired) electrons. The summed E-state index contributed by atoms with van der Waals surface area (Å²) >= 11 is 0. The van der Waals surface area contributed by atoms with Crippen molar-refractivity contribution < 1.29 is 138 Å². The first-order valence-corrected chi connectivity index (χ1v) is 50.6. The predicted octanol–water partition coefficient (Wildman–Crippen LogP) is 27.6. The zero-order valence-corrected chi connectivity index (χ0v) is 90.5. The normalized spacial score (nSPS) is 25.6. The van der Waals surface area contributed by atoms with Gasteiger partial charge in [-0.1, -0.05) is 252 Å². The highest BCUT2D eigenvalue weighted by atomic mass is 19.4. The van der Waals surface area contributed by atoms with E-state index >= 15 is 0 Å². The summed E-state index contributed by atoms with van der Waals surface area (Å²) in [5, 5.41) is 9.31. The lowest BCUT2D eigenvalue weighted by Gasteiger charge is -2.33. The maximum atomic E-state index is 12.8. The van der Waals surface area contributed by atoms with Crippen molar-refractivity contribution in [3.8, 4) is 11.8 Å². The van der Waals surface area contributed by atoms with E-state index in [4.69, 9.17) is 33.2 Å². The van der Waals surface area contributed by atoms with Gasteiger partial charge in [-0.15, -0.1) is 0 Å². The van der Waals surface area contributed by atoms with Crippen molar-refractivity contribution in [3.63, 3.8) is 0 Å². The fourth-order valence-corrected chi connectivity index (χ4v) is 19.0. The highest BCUT2D eigenvalue weighted by molar-refractivity contribution is 6.04. The van der Waals surface area contributed by atoms with Crippen molar-refractivity contribution >= 4 is 53.7 Å². The molecule has 31 heteroatoms. The lowest BCUT2D eigenvalue weighted by Crippen LogP contribution is -2.51. The van der Waals surface area contributed by atoms with Crippen LogP contribution in [0, 0.1) is 84.7 Å². The lowest BCUT2D eigenvalue weighted by molar-refractivity contribution is -0.316. The van der Waals surface area contributed by atoms with Crippen LogP contribution in [-0.2, 0) is 108 Å². The average Bonchev–Trinajstić information content (AvgIpc) is 1.54. The largest absolute Gasteiger partial charge is 0.458 e. The second kappa shape index (κ2) is 44.7. The second-order valence-electron chi connectivity index (χ2n) is 48.5. The Morgan fingerprint density at radius 1 is 0.361 bits per heavy atom. The van der Waals surface area contributed by atoms with Crippen molar-refractivity contribution in [3.05, 3.63) is 136 Å². The van der Waals surface area contributed by atoms with Gasteiger partial charge in [0.05, 0.1) is 27.7 Å². The molecule has 18 atom stereocenters. The summed E-state index contributed by atoms with van der Waals surface area (Å²) in [6.07, 6.45) is -30.6. The molecule has 0 spiro atoms. The molecule has 3 saturated heterocycles. The van der Waals surface area contributed by atoms with E-state index < -0.39 is 184 Å². The molecule has 9 aliphatic rings. The van der Waals surface area contributed by atoms with Gasteiger partial charge in [-0.2, -0.15) is 57.9 Å². The number of alkyl halides is 12. The van der Waals surface area contributed by atoms with Crippen LogP contribution in [0.3, 0.4) is 0 Å². The highest BCUT2D eigenvalue weighted by Crippen LogP contribution is 2.67. The molecular formula is C113H157F12NO18. The number of hydrogen-bond acceptors (Lipinski definition) is 19. The van der Waals surface area contributed by atoms with Gasteiger partial charge in [0.2, 0.25) is 0 Å². The minimum absolute atomic E-state index is 0.0166. The number of nitrogens with zero attached hydrogens (tertiary/aromatic N) is 1. The van der Waals surface area contributed by atoms with Crippen molar-refractivity contribution in [2.24, 2.45) is 73.4 Å². The number of esters is 9. The third-order valence-electron chi connectivity index (χ3n) is 31.4. The minimum atomic E-state index is -5.89. The third-order valence-corrected chi connectivity index (χ3v) is 31.4. The monoisotopic (exact) mass is 2040 g/mol. The topological polar surface area (TPSA) is 260 Å². The summed E-state index contributed by atoms with van der Waals surface area (Å²) in [7, 11) is 0. The molecule has 19 nitrogen and oxygen atoms in total. The summed E-state index contributed by atoms with van der Waals surface area (Å²) in [5.41, 5.74) is 3.73. The zero-order chi connectivity index (χ0) is 110. The van der Waals surface area contributed by atoms with E-state index in [-0.39, 0.29) is 69.8 Å². The van der Waals surface area contributed by atoms with E-state index in [1.807, 2.05) is 53.7 Å². The van der Waals surface area contributed by atoms with Gasteiger partial charge in [0.1, 0.15) is 42.4 Å². The molecule has 0 amide bonds. The number of hydrogen-bond donors (Lipinski definition) is 0. The smallest absolute Gasteiger partial charge is 0.434 e. The Bertz CT molecular complexity index is 4990. The van der Waals surface area contributed by atoms with Gasteiger partial charge in [-0.25, -0.2) is 0 Å². The Kier molecular flexibility index (Phi) is 37.7. The Morgan fingerprint density at radius 3 is 0.938 bits per heavy atom. The van der Waals surface area contributed by atoms with E-state index in [1.54, 1.807) is 41.5 Å². The van der Waals surface area contributed by atoms with E-state index in [0.717, 1.165) is 12.8 Å². The van der Waals surface area contributed by atoms with Crippen LogP contribution in [0.4, 0.5) is 52.7 Å². The third kappa shape index (κ3) is 27.3. The number of fused-ring (bicyclic) bond motifs is 3. The molecule has 3 aliphatic heterocycles. The maximum absolute atomic E-state index is 12.8. The van der Waals surface area contributed by atoms with Gasteiger partial charge < -0.3 is 42.6 Å². The van der Waals surface area contributed by atoms with E-state index in [1.165, 1.54) is 63.8 Å². The number of rotatable bonds is 22. The van der Waals surface area contributed by atoms with E-state index in [9.17, 15) is 101 Å². The van der Waals surface area contributed by atoms with Crippen molar-refractivity contribution in [1.82, 2.24) is 0 Å². The van der Waals surface area contributed by atoms with Crippen LogP contribution >= 0.6 is 0 Å². The number of carbonyl (C=O) groups excluding carboxylic acids is 9. The molecular weight excluding hydrogens is 1890 g/mol. The quantitative estimate of drug-likeness (QED) is 0.0233. The molecule has 13 rings (SSSR count). The molecule has 6 aliphatic carbocycles. The number of ether oxygens (including phenoxy) is 9. The van der Waals surface area contributed by atoms with Crippen LogP contribution in [0.2, 0.25) is 0 Å². The van der Waals surface area contributed by atoms with Gasteiger partial charge in [0.15, 0.2) is 16.2 Å². The van der Waals surface area contributed by atoms with Gasteiger partial charge in [0.25, 0.3) is 12.2 Å². The molecule has 4 aromatic carbocycles. The first-order chi connectivity index (χ1) is 65.6. The zero-order valence-electron chi connectivity index (χ0n) is 90.5. The summed E-state index contributed by atoms with van der Waals surface area (Å²) in [6, 6.07) is 35.3. The number of nitriles is 1. The van der Waals surface area contributed by atoms with Gasteiger partial charge in [-0.05, 0) is 240 Å². The molecule has 6 bridgehead atoms. The van der Waals surface area contributed by atoms with Crippen molar-refractivity contribution in [1.29, 1.82) is 5.26 Å². The van der Waals surface area contributed by atoms with Crippen LogP contribution in [0.5, 0.6) is 5.75 Å². The number of carbonyl (C=O) groups is 9. The fourth-order valence-electron chi connectivity index (χ4n) is 19.0. The standard InChI is InChI=1S/C20H32O2.2C18H20F6O6.C18H30.C15H19NO4.C14H22.C10H14/c1-10-20(8,9)17(21)22-16-12-14(18(2,3)4)11-15(13-16)19(5,6)7;2*1-4-15(2,3)12(25)28-9-7-5-8-10(9)29-13(26)16(8,6-7)14(27)30-11(17(19,20)21)18(22,23)24;1-9-13(2)14-10-15(17(3,4)5)12-16(11-14)18(6,7)8;1-4-14(2,3)12(17)19-10-8-5-9-11(10)20-13(18)15(9,6-8)7-16;1-6-11(2)12-7-9-13(10-8-12)14(3,4)5;1-3-9(2)10-7-5-4-6-8-10/h11-13H,10H2,1-9H3;2*7-11H,4-6H2,1-3H3;10-13H,9H2,1-8H3;8-11H,4-6H2,1-3H3;7-11H,6H2,1-5H3;4-9H,3H2,1-2H3. The van der Waals surface area contributed by atoms with Crippen molar-refractivity contribution in [2.45, 2.75) is 430 Å². The number of halogens is 12. The SMILES string of the molecule is CCC(C)(C)C(=O)OC1C2CC3C1OC(=O)C3(C#N)C2.CCC(C)(C)C(=O)OC1C2CC3C1OC(=O)C3(C(=O)OC(C(F)(F)F)C(F)(F)F)C2.CCC(C)(C)C(=O)OC1C2CC3C1OC(=O)C3(C(=O)OC(C(F)(F)F)C(F)(F)F)C2.CCC(C)(C)C(=O)Oc1cc(C(C)(C)C)cc(C(C)(C)C)c1.CCC(C)c1cc(C(C)(C)C)cc(C(C)(C)C)c1.CCC(C)c1ccc(C(C)(C)C)cc1.CCC(C)c1ccccc1. The minimum Gasteiger partial charge on any atom is -0.458 e. The molecule has 9 fully saturated rings. The van der Waals surface area contributed by atoms with Crippen LogP contribution in [0.1, 0.15) is 374 Å². The van der Waals surface area contributed by atoms with Crippen LogP contribution in [0.15, 0.2) is 91.0 Å². The first-order valence-electron chi connectivity index (χ1n) is 50.6. The molecule has 18 unspecified atom stereocenters. The van der Waals surface area contributed by atoms with Crippen LogP contribution in [-0.4, -0.2) is 127 Å². The predicted molar refractivity (Wildman–Crippen MR) is 522 cm³/mol. The van der Waals surface area contributed by atoms with Gasteiger partial charge in [-0.3, -0.25) is 43.2 Å². The molecule has 144 heavy (non-hydrogen) atoms. The molecule has 4 aromatic rings. The highest BCUT2D eigenvalue weighted by Gasteiger charge is 2.79. The summed E-state index contributed by atoms with van der Waals surface area (Å²) in [5.74, 6) is -8.93. The average molecular weight is 2050 g/mol. The maximum Gasteiger partial charge on any atom is 0.434 e. The Hall–Kier alpha value is -9.24. The Balaban J connectivity index is 0.000000233. The molecule has 0 aromatic heterocycles.